The summed E-state index contributed by atoms with van der Waals surface area (Å²) in [4.78, 5) is 24.4. The SMILES string of the molecule is CCOc1ccccc1NC(=O)N(CC(=O)O)C1CC1. The normalized spacial score (nSPS) is 13.7. The van der Waals surface area contributed by atoms with Crippen LogP contribution in [0.4, 0.5) is 10.5 Å². The van der Waals surface area contributed by atoms with Crippen molar-refractivity contribution in [3.63, 3.8) is 0 Å². The number of ether oxygens (including phenoxy) is 1. The van der Waals surface area contributed by atoms with E-state index in [9.17, 15) is 9.59 Å². The molecular weight excluding hydrogens is 260 g/mol. The predicted molar refractivity (Wildman–Crippen MR) is 74.0 cm³/mol. The highest BCUT2D eigenvalue weighted by Crippen LogP contribution is 2.29. The summed E-state index contributed by atoms with van der Waals surface area (Å²) in [5.74, 6) is -0.431. The van der Waals surface area contributed by atoms with Gasteiger partial charge in [-0.05, 0) is 31.9 Å². The molecule has 0 bridgehead atoms. The average Bonchev–Trinajstić information content (AvgIpc) is 3.22. The molecule has 0 atom stereocenters. The Morgan fingerprint density at radius 3 is 2.70 bits per heavy atom. The maximum absolute atomic E-state index is 12.2. The van der Waals surface area contributed by atoms with Crippen molar-refractivity contribution in [3.8, 4) is 5.75 Å². The van der Waals surface area contributed by atoms with Crippen molar-refractivity contribution >= 4 is 17.7 Å². The number of aliphatic carboxylic acids is 1. The summed E-state index contributed by atoms with van der Waals surface area (Å²) < 4.78 is 5.43. The lowest BCUT2D eigenvalue weighted by atomic mass is 10.3. The average molecular weight is 278 g/mol. The molecule has 6 heteroatoms. The van der Waals surface area contributed by atoms with E-state index in [1.165, 1.54) is 4.90 Å². The number of anilines is 1. The number of carbonyl (C=O) groups excluding carboxylic acids is 1. The first-order valence-electron chi connectivity index (χ1n) is 6.63. The minimum Gasteiger partial charge on any atom is -0.492 e. The van der Waals surface area contributed by atoms with Gasteiger partial charge in [0.2, 0.25) is 0 Å². The quantitative estimate of drug-likeness (QED) is 0.835. The van der Waals surface area contributed by atoms with Crippen LogP contribution in [0, 0.1) is 0 Å². The highest BCUT2D eigenvalue weighted by Gasteiger charge is 2.34. The predicted octanol–water partition coefficient (Wildman–Crippen LogP) is 2.17. The first kappa shape index (κ1) is 14.2. The molecule has 0 aromatic heterocycles. The molecule has 0 heterocycles. The fraction of sp³-hybridized carbons (Fsp3) is 0.429. The second kappa shape index (κ2) is 6.27. The van der Waals surface area contributed by atoms with Gasteiger partial charge in [-0.15, -0.1) is 0 Å². The number of nitrogens with zero attached hydrogens (tertiary/aromatic N) is 1. The van der Waals surface area contributed by atoms with Gasteiger partial charge in [0.25, 0.3) is 0 Å². The van der Waals surface area contributed by atoms with Crippen LogP contribution in [-0.2, 0) is 4.79 Å². The molecule has 0 radical (unpaired) electrons. The zero-order valence-electron chi connectivity index (χ0n) is 11.3. The van der Waals surface area contributed by atoms with E-state index in [4.69, 9.17) is 9.84 Å². The largest absolute Gasteiger partial charge is 0.492 e. The van der Waals surface area contributed by atoms with Crippen LogP contribution in [0.2, 0.25) is 0 Å². The summed E-state index contributed by atoms with van der Waals surface area (Å²) in [5, 5.41) is 11.6. The van der Waals surface area contributed by atoms with Gasteiger partial charge >= 0.3 is 12.0 Å². The van der Waals surface area contributed by atoms with Crippen molar-refractivity contribution < 1.29 is 19.4 Å². The molecule has 1 aliphatic carbocycles. The van der Waals surface area contributed by atoms with Crippen molar-refractivity contribution in [3.05, 3.63) is 24.3 Å². The molecule has 0 unspecified atom stereocenters. The molecule has 0 saturated heterocycles. The molecule has 2 rings (SSSR count). The Morgan fingerprint density at radius 1 is 1.40 bits per heavy atom. The fourth-order valence-corrected chi connectivity index (χ4v) is 1.94. The lowest BCUT2D eigenvalue weighted by Crippen LogP contribution is -2.40. The molecule has 0 aliphatic heterocycles. The Hall–Kier alpha value is -2.24. The third-order valence-corrected chi connectivity index (χ3v) is 2.98. The highest BCUT2D eigenvalue weighted by atomic mass is 16.5. The number of para-hydroxylation sites is 2. The summed E-state index contributed by atoms with van der Waals surface area (Å²) in [6.45, 7) is 2.07. The van der Waals surface area contributed by atoms with E-state index in [2.05, 4.69) is 5.32 Å². The van der Waals surface area contributed by atoms with Crippen LogP contribution in [0.1, 0.15) is 19.8 Å². The van der Waals surface area contributed by atoms with Gasteiger partial charge in [-0.3, -0.25) is 4.79 Å². The monoisotopic (exact) mass is 278 g/mol. The van der Waals surface area contributed by atoms with Crippen LogP contribution in [0.15, 0.2) is 24.3 Å². The number of carboxylic acids is 1. The van der Waals surface area contributed by atoms with E-state index in [1.807, 2.05) is 13.0 Å². The van der Waals surface area contributed by atoms with Crippen LogP contribution in [0.25, 0.3) is 0 Å². The number of nitrogens with one attached hydrogen (secondary N) is 1. The molecule has 108 valence electrons. The van der Waals surface area contributed by atoms with Crippen LogP contribution in [0.3, 0.4) is 0 Å². The van der Waals surface area contributed by atoms with Crippen LogP contribution in [0.5, 0.6) is 5.75 Å². The number of hydrogen-bond acceptors (Lipinski definition) is 3. The molecular formula is C14H18N2O4. The smallest absolute Gasteiger partial charge is 0.323 e. The molecule has 1 aromatic carbocycles. The van der Waals surface area contributed by atoms with E-state index in [1.54, 1.807) is 18.2 Å². The Balaban J connectivity index is 2.07. The Morgan fingerprint density at radius 2 is 2.10 bits per heavy atom. The van der Waals surface area contributed by atoms with Crippen molar-refractivity contribution in [1.29, 1.82) is 0 Å². The summed E-state index contributed by atoms with van der Waals surface area (Å²) in [7, 11) is 0. The van der Waals surface area contributed by atoms with Crippen LogP contribution in [-0.4, -0.2) is 41.2 Å². The van der Waals surface area contributed by atoms with Gasteiger partial charge in [-0.25, -0.2) is 4.79 Å². The molecule has 2 N–H and O–H groups in total. The minimum absolute atomic E-state index is 0.0327. The molecule has 1 aromatic rings. The maximum atomic E-state index is 12.2. The molecule has 2 amide bonds. The van der Waals surface area contributed by atoms with Gasteiger partial charge in [0.15, 0.2) is 0 Å². The molecule has 0 spiro atoms. The van der Waals surface area contributed by atoms with Gasteiger partial charge in [0.05, 0.1) is 12.3 Å². The Bertz CT molecular complexity index is 500. The fourth-order valence-electron chi connectivity index (χ4n) is 1.94. The molecule has 1 saturated carbocycles. The van der Waals surface area contributed by atoms with Crippen molar-refractivity contribution in [2.75, 3.05) is 18.5 Å². The van der Waals surface area contributed by atoms with Gasteiger partial charge in [-0.2, -0.15) is 0 Å². The number of benzene rings is 1. The number of carbonyl (C=O) groups is 2. The lowest BCUT2D eigenvalue weighted by molar-refractivity contribution is -0.137. The second-order valence-corrected chi connectivity index (χ2v) is 4.61. The van der Waals surface area contributed by atoms with E-state index < -0.39 is 12.0 Å². The van der Waals surface area contributed by atoms with Gasteiger partial charge in [0, 0.05) is 6.04 Å². The van der Waals surface area contributed by atoms with Crippen molar-refractivity contribution in [2.45, 2.75) is 25.8 Å². The summed E-state index contributed by atoms with van der Waals surface area (Å²) in [6, 6.07) is 6.73. The highest BCUT2D eigenvalue weighted by molar-refractivity contribution is 5.93. The van der Waals surface area contributed by atoms with E-state index in [0.29, 0.717) is 18.0 Å². The van der Waals surface area contributed by atoms with Crippen molar-refractivity contribution in [1.82, 2.24) is 4.90 Å². The topological polar surface area (TPSA) is 78.9 Å². The second-order valence-electron chi connectivity index (χ2n) is 4.61. The minimum atomic E-state index is -1.01. The first-order chi connectivity index (χ1) is 9.61. The van der Waals surface area contributed by atoms with Gasteiger partial charge in [-0.1, -0.05) is 12.1 Å². The molecule has 20 heavy (non-hydrogen) atoms. The van der Waals surface area contributed by atoms with E-state index >= 15 is 0 Å². The standard InChI is InChI=1S/C14H18N2O4/c1-2-20-12-6-4-3-5-11(12)15-14(19)16(9-13(17)18)10-7-8-10/h3-6,10H,2,7-9H2,1H3,(H,15,19)(H,17,18). The number of hydrogen-bond donors (Lipinski definition) is 2. The summed E-state index contributed by atoms with van der Waals surface area (Å²) in [6.07, 6.45) is 1.71. The first-order valence-corrected chi connectivity index (χ1v) is 6.63. The maximum Gasteiger partial charge on any atom is 0.323 e. The summed E-state index contributed by atoms with van der Waals surface area (Å²) >= 11 is 0. The van der Waals surface area contributed by atoms with Gasteiger partial charge < -0.3 is 20.1 Å². The molecule has 1 fully saturated rings. The zero-order chi connectivity index (χ0) is 14.5. The molecule has 1 aliphatic rings. The Labute approximate surface area is 117 Å². The number of rotatable bonds is 6. The summed E-state index contributed by atoms with van der Waals surface area (Å²) in [5.41, 5.74) is 0.551. The van der Waals surface area contributed by atoms with Crippen molar-refractivity contribution in [2.24, 2.45) is 0 Å². The lowest BCUT2D eigenvalue weighted by Gasteiger charge is -2.21. The third kappa shape index (κ3) is 3.63. The van der Waals surface area contributed by atoms with E-state index in [0.717, 1.165) is 12.8 Å². The van der Waals surface area contributed by atoms with Crippen LogP contribution >= 0.6 is 0 Å². The zero-order valence-corrected chi connectivity index (χ0v) is 11.3. The number of carboxylic acid groups (broad SMARTS) is 1. The molecule has 6 nitrogen and oxygen atoms in total. The third-order valence-electron chi connectivity index (χ3n) is 2.98. The number of urea groups is 1. The Kier molecular flexibility index (Phi) is 4.45. The van der Waals surface area contributed by atoms with Crippen LogP contribution < -0.4 is 10.1 Å². The number of amides is 2. The van der Waals surface area contributed by atoms with Gasteiger partial charge in [0.1, 0.15) is 12.3 Å². The van der Waals surface area contributed by atoms with E-state index in [-0.39, 0.29) is 12.6 Å².